The van der Waals surface area contributed by atoms with Crippen LogP contribution in [0.3, 0.4) is 0 Å². The van der Waals surface area contributed by atoms with E-state index in [-0.39, 0.29) is 11.9 Å². The van der Waals surface area contributed by atoms with E-state index in [1.165, 1.54) is 0 Å². The number of rotatable bonds is 2. The van der Waals surface area contributed by atoms with Crippen molar-refractivity contribution in [3.8, 4) is 0 Å². The second-order valence-corrected chi connectivity index (χ2v) is 4.02. The van der Waals surface area contributed by atoms with E-state index >= 15 is 0 Å². The van der Waals surface area contributed by atoms with E-state index in [9.17, 15) is 4.79 Å². The summed E-state index contributed by atoms with van der Waals surface area (Å²) in [7, 11) is 0. The van der Waals surface area contributed by atoms with Crippen molar-refractivity contribution in [1.82, 2.24) is 15.3 Å². The second-order valence-electron chi connectivity index (χ2n) is 4.02. The summed E-state index contributed by atoms with van der Waals surface area (Å²) in [5.74, 6) is 0.255. The number of amides is 1. The van der Waals surface area contributed by atoms with Crippen LogP contribution >= 0.6 is 0 Å². The molecular formula is C10H16N4O. The van der Waals surface area contributed by atoms with Gasteiger partial charge in [0.1, 0.15) is 0 Å². The average molecular weight is 208 g/mol. The van der Waals surface area contributed by atoms with E-state index in [0.717, 1.165) is 25.7 Å². The molecule has 1 fully saturated rings. The molecule has 1 aliphatic carbocycles. The standard InChI is InChI=1S/C10H16N4O/c11-7-1-3-8(4-2-7)14-10(15)9-12-5-6-13-9/h5-8H,1-4,11H2,(H,12,13)(H,14,15). The summed E-state index contributed by atoms with van der Waals surface area (Å²) >= 11 is 0. The smallest absolute Gasteiger partial charge is 0.287 e. The minimum atomic E-state index is -0.125. The van der Waals surface area contributed by atoms with Crippen LogP contribution in [0, 0.1) is 0 Å². The zero-order valence-corrected chi connectivity index (χ0v) is 8.57. The zero-order valence-electron chi connectivity index (χ0n) is 8.57. The van der Waals surface area contributed by atoms with Gasteiger partial charge >= 0.3 is 0 Å². The first kappa shape index (κ1) is 10.2. The maximum absolute atomic E-state index is 11.6. The van der Waals surface area contributed by atoms with Crippen LogP contribution in [0.15, 0.2) is 12.4 Å². The van der Waals surface area contributed by atoms with Gasteiger partial charge < -0.3 is 16.0 Å². The molecule has 1 heterocycles. The fourth-order valence-corrected chi connectivity index (χ4v) is 1.91. The first-order chi connectivity index (χ1) is 7.25. The van der Waals surface area contributed by atoms with Crippen LogP contribution in [0.25, 0.3) is 0 Å². The topological polar surface area (TPSA) is 83.8 Å². The summed E-state index contributed by atoms with van der Waals surface area (Å²) in [6.07, 6.45) is 7.13. The number of nitrogens with one attached hydrogen (secondary N) is 2. The Morgan fingerprint density at radius 2 is 2.20 bits per heavy atom. The number of H-pyrrole nitrogens is 1. The monoisotopic (exact) mass is 208 g/mol. The Hall–Kier alpha value is -1.36. The molecule has 1 aromatic rings. The molecule has 2 rings (SSSR count). The lowest BCUT2D eigenvalue weighted by molar-refractivity contribution is 0.0916. The van der Waals surface area contributed by atoms with Crippen molar-refractivity contribution >= 4 is 5.91 Å². The molecule has 4 N–H and O–H groups in total. The summed E-state index contributed by atoms with van der Waals surface area (Å²) in [5, 5.41) is 2.95. The Balaban J connectivity index is 1.85. The molecule has 1 aromatic heterocycles. The van der Waals surface area contributed by atoms with Crippen LogP contribution in [0.5, 0.6) is 0 Å². The molecule has 0 spiro atoms. The lowest BCUT2D eigenvalue weighted by Gasteiger charge is -2.26. The molecule has 82 valence electrons. The number of carbonyl (C=O) groups is 1. The van der Waals surface area contributed by atoms with E-state index in [0.29, 0.717) is 11.9 Å². The summed E-state index contributed by atoms with van der Waals surface area (Å²) in [6.45, 7) is 0. The van der Waals surface area contributed by atoms with Crippen LogP contribution in [-0.4, -0.2) is 28.0 Å². The molecule has 0 saturated heterocycles. The highest BCUT2D eigenvalue weighted by atomic mass is 16.2. The van der Waals surface area contributed by atoms with Gasteiger partial charge in [-0.3, -0.25) is 4.79 Å². The van der Waals surface area contributed by atoms with E-state index in [2.05, 4.69) is 15.3 Å². The van der Waals surface area contributed by atoms with Crippen molar-refractivity contribution in [2.75, 3.05) is 0 Å². The van der Waals surface area contributed by atoms with Gasteiger partial charge in [-0.1, -0.05) is 0 Å². The predicted octanol–water partition coefficient (Wildman–Crippen LogP) is 0.409. The van der Waals surface area contributed by atoms with Crippen molar-refractivity contribution in [3.63, 3.8) is 0 Å². The molecule has 0 radical (unpaired) electrons. The molecule has 0 atom stereocenters. The predicted molar refractivity (Wildman–Crippen MR) is 56.3 cm³/mol. The lowest BCUT2D eigenvalue weighted by Crippen LogP contribution is -2.40. The number of hydrogen-bond acceptors (Lipinski definition) is 3. The maximum Gasteiger partial charge on any atom is 0.287 e. The van der Waals surface area contributed by atoms with Crippen LogP contribution in [0.1, 0.15) is 36.3 Å². The molecule has 1 amide bonds. The van der Waals surface area contributed by atoms with Gasteiger partial charge in [-0.25, -0.2) is 4.98 Å². The number of aromatic nitrogens is 2. The minimum absolute atomic E-state index is 0.125. The van der Waals surface area contributed by atoms with Crippen molar-refractivity contribution in [2.24, 2.45) is 5.73 Å². The maximum atomic E-state index is 11.6. The summed E-state index contributed by atoms with van der Waals surface area (Å²) < 4.78 is 0. The summed E-state index contributed by atoms with van der Waals surface area (Å²) in [6, 6.07) is 0.559. The first-order valence-electron chi connectivity index (χ1n) is 5.31. The normalized spacial score (nSPS) is 26.2. The van der Waals surface area contributed by atoms with E-state index < -0.39 is 0 Å². The van der Waals surface area contributed by atoms with Gasteiger partial charge in [0, 0.05) is 24.5 Å². The van der Waals surface area contributed by atoms with Gasteiger partial charge in [0.2, 0.25) is 0 Å². The number of hydrogen-bond donors (Lipinski definition) is 3. The zero-order chi connectivity index (χ0) is 10.7. The van der Waals surface area contributed by atoms with Crippen LogP contribution in [0.4, 0.5) is 0 Å². The molecule has 5 nitrogen and oxygen atoms in total. The molecule has 5 heteroatoms. The number of carbonyl (C=O) groups excluding carboxylic acids is 1. The molecule has 0 aliphatic heterocycles. The van der Waals surface area contributed by atoms with Gasteiger partial charge in [0.25, 0.3) is 5.91 Å². The largest absolute Gasteiger partial charge is 0.347 e. The van der Waals surface area contributed by atoms with Crippen molar-refractivity contribution in [2.45, 2.75) is 37.8 Å². The fraction of sp³-hybridized carbons (Fsp3) is 0.600. The van der Waals surface area contributed by atoms with Crippen LogP contribution in [-0.2, 0) is 0 Å². The molecule has 15 heavy (non-hydrogen) atoms. The summed E-state index contributed by atoms with van der Waals surface area (Å²) in [4.78, 5) is 18.3. The molecule has 1 aliphatic rings. The van der Waals surface area contributed by atoms with E-state index in [1.54, 1.807) is 12.4 Å². The van der Waals surface area contributed by atoms with Crippen LogP contribution in [0.2, 0.25) is 0 Å². The van der Waals surface area contributed by atoms with Gasteiger partial charge in [-0.2, -0.15) is 0 Å². The van der Waals surface area contributed by atoms with Gasteiger partial charge in [0.05, 0.1) is 0 Å². The van der Waals surface area contributed by atoms with Crippen molar-refractivity contribution in [3.05, 3.63) is 18.2 Å². The molecular weight excluding hydrogens is 192 g/mol. The Bertz CT molecular complexity index is 314. The van der Waals surface area contributed by atoms with Gasteiger partial charge in [0.15, 0.2) is 5.82 Å². The van der Waals surface area contributed by atoms with Crippen LogP contribution < -0.4 is 11.1 Å². The lowest BCUT2D eigenvalue weighted by atomic mass is 9.92. The summed E-state index contributed by atoms with van der Waals surface area (Å²) in [5.41, 5.74) is 5.79. The van der Waals surface area contributed by atoms with Crippen molar-refractivity contribution < 1.29 is 4.79 Å². The third-order valence-electron chi connectivity index (χ3n) is 2.82. The fourth-order valence-electron chi connectivity index (χ4n) is 1.91. The van der Waals surface area contributed by atoms with Gasteiger partial charge in [-0.05, 0) is 25.7 Å². The SMILES string of the molecule is NC1CCC(NC(=O)c2ncc[nH]2)CC1. The number of aromatic amines is 1. The van der Waals surface area contributed by atoms with E-state index in [1.807, 2.05) is 0 Å². The average Bonchev–Trinajstić information content (AvgIpc) is 2.74. The third-order valence-corrected chi connectivity index (χ3v) is 2.82. The molecule has 1 saturated carbocycles. The molecule has 0 bridgehead atoms. The highest BCUT2D eigenvalue weighted by Crippen LogP contribution is 2.16. The second kappa shape index (κ2) is 4.44. The quantitative estimate of drug-likeness (QED) is 0.658. The Kier molecular flexibility index (Phi) is 3.01. The Morgan fingerprint density at radius 3 is 2.80 bits per heavy atom. The van der Waals surface area contributed by atoms with E-state index in [4.69, 9.17) is 5.73 Å². The number of nitrogens with two attached hydrogens (primary N) is 1. The first-order valence-corrected chi connectivity index (χ1v) is 5.31. The Morgan fingerprint density at radius 1 is 1.47 bits per heavy atom. The third kappa shape index (κ3) is 2.56. The Labute approximate surface area is 88.5 Å². The highest BCUT2D eigenvalue weighted by Gasteiger charge is 2.21. The molecule has 0 aromatic carbocycles. The van der Waals surface area contributed by atoms with Crippen molar-refractivity contribution in [1.29, 1.82) is 0 Å². The molecule has 0 unspecified atom stereocenters. The highest BCUT2D eigenvalue weighted by molar-refractivity contribution is 5.90. The number of nitrogens with zero attached hydrogens (tertiary/aromatic N) is 1. The van der Waals surface area contributed by atoms with Gasteiger partial charge in [-0.15, -0.1) is 0 Å². The minimum Gasteiger partial charge on any atom is -0.347 e. The number of imidazole rings is 1.